The van der Waals surface area contributed by atoms with Crippen molar-refractivity contribution in [2.75, 3.05) is 12.8 Å². The summed E-state index contributed by atoms with van der Waals surface area (Å²) < 4.78 is 37.5. The summed E-state index contributed by atoms with van der Waals surface area (Å²) in [6, 6.07) is 8.14. The molecule has 2 atom stereocenters. The van der Waals surface area contributed by atoms with Gasteiger partial charge in [0, 0.05) is 28.9 Å². The van der Waals surface area contributed by atoms with Crippen molar-refractivity contribution < 1.29 is 12.6 Å². The predicted molar refractivity (Wildman–Crippen MR) is 74.5 cm³/mol. The molecule has 0 aliphatic carbocycles. The fraction of sp³-hybridized carbons (Fsp3) is 0.417. The molecule has 0 bridgehead atoms. The molecule has 0 aliphatic rings. The quantitative estimate of drug-likeness (QED) is 0.841. The summed E-state index contributed by atoms with van der Waals surface area (Å²) in [7, 11) is -4.66. The average Bonchev–Trinajstić information content (AvgIpc) is 2.37. The Hall–Kier alpha value is -1.23. The van der Waals surface area contributed by atoms with E-state index < -0.39 is 20.8 Å². The van der Waals surface area contributed by atoms with Crippen molar-refractivity contribution in [2.45, 2.75) is 23.5 Å². The smallest absolute Gasteiger partial charge is 0.240 e. The highest BCUT2D eigenvalue weighted by Crippen LogP contribution is 2.11. The number of sulfonamides is 1. The van der Waals surface area contributed by atoms with Crippen LogP contribution in [0.5, 0.6) is 0 Å². The van der Waals surface area contributed by atoms with Crippen molar-refractivity contribution in [3.05, 3.63) is 29.8 Å². The molecule has 2 unspecified atom stereocenters. The van der Waals surface area contributed by atoms with E-state index in [1.54, 1.807) is 19.1 Å². The average molecular weight is 300 g/mol. The molecule has 0 fully saturated rings. The zero-order valence-corrected chi connectivity index (χ0v) is 12.4. The number of hydrogen-bond acceptors (Lipinski definition) is 4. The fourth-order valence-corrected chi connectivity index (χ4v) is 2.86. The van der Waals surface area contributed by atoms with E-state index in [9.17, 15) is 12.6 Å². The van der Waals surface area contributed by atoms with Gasteiger partial charge in [-0.05, 0) is 24.6 Å². The van der Waals surface area contributed by atoms with Gasteiger partial charge in [0.05, 0.1) is 17.4 Å². The second-order valence-corrected chi connectivity index (χ2v) is 7.71. The highest BCUT2D eigenvalue weighted by molar-refractivity contribution is 7.89. The zero-order valence-electron chi connectivity index (χ0n) is 10.8. The van der Waals surface area contributed by atoms with Gasteiger partial charge in [-0.25, -0.2) is 13.1 Å². The Morgan fingerprint density at radius 3 is 2.42 bits per heavy atom. The third-order valence-corrected chi connectivity index (χ3v) is 5.38. The van der Waals surface area contributed by atoms with Gasteiger partial charge in [0.1, 0.15) is 0 Å². The van der Waals surface area contributed by atoms with E-state index in [0.717, 1.165) is 5.56 Å². The first-order valence-corrected chi connectivity index (χ1v) is 8.75. The summed E-state index contributed by atoms with van der Waals surface area (Å²) in [5.41, 5.74) is 0.768. The number of rotatable bonds is 6. The van der Waals surface area contributed by atoms with Crippen LogP contribution >= 0.6 is 0 Å². The minimum absolute atomic E-state index is 0.130. The summed E-state index contributed by atoms with van der Waals surface area (Å²) in [5.74, 6) is 0. The summed E-state index contributed by atoms with van der Waals surface area (Å²) in [6.45, 7) is 1.85. The third-order valence-electron chi connectivity index (χ3n) is 2.64. The van der Waals surface area contributed by atoms with Crippen LogP contribution in [0.3, 0.4) is 0 Å². The lowest BCUT2D eigenvalue weighted by atomic mass is 10.2. The summed E-state index contributed by atoms with van der Waals surface area (Å²) in [4.78, 5) is 0.142. The van der Waals surface area contributed by atoms with Crippen LogP contribution < -0.4 is 4.72 Å². The number of nitrogens with one attached hydrogen (secondary N) is 1. The Labute approximate surface area is 116 Å². The lowest BCUT2D eigenvalue weighted by molar-refractivity contribution is 0.580. The van der Waals surface area contributed by atoms with Gasteiger partial charge < -0.3 is 0 Å². The number of nitrogens with zero attached hydrogens (tertiary/aromatic N) is 1. The number of hydrogen-bond donors (Lipinski definition) is 1. The molecule has 1 rings (SSSR count). The lowest BCUT2D eigenvalue weighted by Gasteiger charge is -2.10. The maximum Gasteiger partial charge on any atom is 0.240 e. The van der Waals surface area contributed by atoms with Crippen molar-refractivity contribution in [2.24, 2.45) is 0 Å². The minimum Gasteiger partial charge on any atom is -0.260 e. The molecule has 0 saturated carbocycles. The molecule has 0 aromatic heterocycles. The lowest BCUT2D eigenvalue weighted by Crippen LogP contribution is -2.32. The molecule has 104 valence electrons. The molecule has 19 heavy (non-hydrogen) atoms. The standard InChI is InChI=1S/C12H16N2O3S2/c1-10(18(2)15)9-14-19(16,17)12-5-3-11(4-6-12)7-8-13/h3-6,10,14H,7,9H2,1-2H3. The maximum absolute atomic E-state index is 12.0. The highest BCUT2D eigenvalue weighted by Gasteiger charge is 2.16. The molecule has 0 radical (unpaired) electrons. The van der Waals surface area contributed by atoms with Gasteiger partial charge in [-0.1, -0.05) is 12.1 Å². The molecule has 1 N–H and O–H groups in total. The van der Waals surface area contributed by atoms with E-state index in [0.29, 0.717) is 0 Å². The van der Waals surface area contributed by atoms with Gasteiger partial charge >= 0.3 is 0 Å². The van der Waals surface area contributed by atoms with Crippen molar-refractivity contribution in [1.29, 1.82) is 5.26 Å². The van der Waals surface area contributed by atoms with Gasteiger partial charge in [0.25, 0.3) is 0 Å². The van der Waals surface area contributed by atoms with Crippen LogP contribution in [0.25, 0.3) is 0 Å². The molecule has 0 saturated heterocycles. The van der Waals surface area contributed by atoms with E-state index in [2.05, 4.69) is 4.72 Å². The Morgan fingerprint density at radius 2 is 1.95 bits per heavy atom. The normalized spacial score (nSPS) is 14.6. The van der Waals surface area contributed by atoms with Gasteiger partial charge in [-0.2, -0.15) is 5.26 Å². The molecule has 0 spiro atoms. The van der Waals surface area contributed by atoms with E-state index >= 15 is 0 Å². The Balaban J connectivity index is 2.78. The van der Waals surface area contributed by atoms with Crippen LogP contribution in [0, 0.1) is 11.3 Å². The van der Waals surface area contributed by atoms with Crippen molar-refractivity contribution in [1.82, 2.24) is 4.72 Å². The van der Waals surface area contributed by atoms with Crippen LogP contribution in [0.1, 0.15) is 12.5 Å². The van der Waals surface area contributed by atoms with Crippen LogP contribution in [-0.2, 0) is 27.2 Å². The SMILES string of the molecule is CC(CNS(=O)(=O)c1ccc(CC#N)cc1)S(C)=O. The van der Waals surface area contributed by atoms with Crippen LogP contribution in [0.15, 0.2) is 29.2 Å². The monoisotopic (exact) mass is 300 g/mol. The fourth-order valence-electron chi connectivity index (χ4n) is 1.31. The van der Waals surface area contributed by atoms with E-state index in [4.69, 9.17) is 5.26 Å². The highest BCUT2D eigenvalue weighted by atomic mass is 32.2. The van der Waals surface area contributed by atoms with Gasteiger partial charge in [-0.15, -0.1) is 0 Å². The molecule has 1 aromatic rings. The van der Waals surface area contributed by atoms with Crippen LogP contribution in [0.4, 0.5) is 0 Å². The Kier molecular flexibility index (Phi) is 5.66. The first-order valence-electron chi connectivity index (χ1n) is 5.64. The predicted octanol–water partition coefficient (Wildman–Crippen LogP) is 0.798. The number of nitriles is 1. The molecular weight excluding hydrogens is 284 g/mol. The third kappa shape index (κ3) is 4.74. The molecule has 0 heterocycles. The topological polar surface area (TPSA) is 87.0 Å². The second kappa shape index (κ2) is 6.80. The molecule has 1 aromatic carbocycles. The van der Waals surface area contributed by atoms with Crippen molar-refractivity contribution in [3.8, 4) is 6.07 Å². The summed E-state index contributed by atoms with van der Waals surface area (Å²) >= 11 is 0. The summed E-state index contributed by atoms with van der Waals surface area (Å²) in [5, 5.41) is 8.29. The van der Waals surface area contributed by atoms with Gasteiger partial charge in [0.15, 0.2) is 0 Å². The van der Waals surface area contributed by atoms with Crippen molar-refractivity contribution >= 4 is 20.8 Å². The molecule has 7 heteroatoms. The minimum atomic E-state index is -3.59. The first kappa shape index (κ1) is 15.8. The van der Waals surface area contributed by atoms with E-state index in [1.807, 2.05) is 6.07 Å². The number of benzene rings is 1. The van der Waals surface area contributed by atoms with Crippen molar-refractivity contribution in [3.63, 3.8) is 0 Å². The van der Waals surface area contributed by atoms with E-state index in [-0.39, 0.29) is 23.1 Å². The second-order valence-electron chi connectivity index (χ2n) is 4.14. The molecular formula is C12H16N2O3S2. The van der Waals surface area contributed by atoms with Gasteiger partial charge in [0.2, 0.25) is 10.0 Å². The molecule has 0 aliphatic heterocycles. The van der Waals surface area contributed by atoms with Gasteiger partial charge in [-0.3, -0.25) is 4.21 Å². The van der Waals surface area contributed by atoms with E-state index in [1.165, 1.54) is 18.4 Å². The summed E-state index contributed by atoms with van der Waals surface area (Å²) in [6.07, 6.45) is 1.79. The maximum atomic E-state index is 12.0. The molecule has 5 nitrogen and oxygen atoms in total. The van der Waals surface area contributed by atoms with Crippen LogP contribution in [-0.4, -0.2) is 30.7 Å². The van der Waals surface area contributed by atoms with Crippen LogP contribution in [0.2, 0.25) is 0 Å². The Bertz CT molecular complexity index is 588. The first-order chi connectivity index (χ1) is 8.86. The largest absolute Gasteiger partial charge is 0.260 e. The Morgan fingerprint density at radius 1 is 1.37 bits per heavy atom. The zero-order chi connectivity index (χ0) is 14.5. The molecule has 0 amide bonds.